The molecular formula is C16H23N3O2. The maximum atomic E-state index is 11.9. The molecule has 2 unspecified atom stereocenters. The molecular weight excluding hydrogens is 266 g/mol. The first-order valence-corrected chi connectivity index (χ1v) is 7.58. The molecule has 1 aromatic carbocycles. The topological polar surface area (TPSA) is 58.8 Å². The number of anilines is 2. The summed E-state index contributed by atoms with van der Waals surface area (Å²) in [7, 11) is 3.85. The smallest absolute Gasteiger partial charge is 0.248 e. The molecule has 0 saturated carbocycles. The van der Waals surface area contributed by atoms with Crippen molar-refractivity contribution < 1.29 is 9.53 Å². The van der Waals surface area contributed by atoms with Crippen molar-refractivity contribution in [2.24, 2.45) is 5.73 Å². The second kappa shape index (κ2) is 5.66. The van der Waals surface area contributed by atoms with Crippen LogP contribution in [0.5, 0.6) is 0 Å². The van der Waals surface area contributed by atoms with Gasteiger partial charge in [0.2, 0.25) is 5.91 Å². The summed E-state index contributed by atoms with van der Waals surface area (Å²) in [5, 5.41) is 0. The molecule has 5 nitrogen and oxygen atoms in total. The van der Waals surface area contributed by atoms with Crippen LogP contribution in [0.2, 0.25) is 0 Å². The third-order valence-electron chi connectivity index (χ3n) is 4.50. The number of ether oxygens (including phenoxy) is 1. The Morgan fingerprint density at radius 2 is 2.24 bits per heavy atom. The highest BCUT2D eigenvalue weighted by molar-refractivity contribution is 6.04. The largest absolute Gasteiger partial charge is 0.376 e. The minimum atomic E-state index is -0.522. The van der Waals surface area contributed by atoms with Crippen LogP contribution in [0.4, 0.5) is 11.4 Å². The summed E-state index contributed by atoms with van der Waals surface area (Å²) >= 11 is 0. The highest BCUT2D eigenvalue weighted by Crippen LogP contribution is 2.36. The Morgan fingerprint density at radius 1 is 1.43 bits per heavy atom. The average molecular weight is 289 g/mol. The Hall–Kier alpha value is -1.59. The number of hydrogen-bond donors (Lipinski definition) is 1. The van der Waals surface area contributed by atoms with E-state index in [-0.39, 0.29) is 5.91 Å². The molecule has 114 valence electrons. The molecule has 0 aromatic heterocycles. The first-order valence-electron chi connectivity index (χ1n) is 7.58. The molecule has 2 aliphatic heterocycles. The number of nitrogens with two attached hydrogens (primary N) is 1. The fourth-order valence-electron chi connectivity index (χ4n) is 3.15. The van der Waals surface area contributed by atoms with Gasteiger partial charge in [0, 0.05) is 38.5 Å². The van der Waals surface area contributed by atoms with E-state index in [4.69, 9.17) is 10.5 Å². The molecule has 0 spiro atoms. The molecule has 0 aliphatic carbocycles. The molecule has 5 heteroatoms. The lowest BCUT2D eigenvalue weighted by molar-refractivity contribution is -0.118. The van der Waals surface area contributed by atoms with Crippen LogP contribution in [0.25, 0.3) is 0 Å². The molecule has 1 saturated heterocycles. The molecule has 1 aromatic rings. The number of carbonyl (C=O) groups excluding carboxylic acids is 1. The Kier molecular flexibility index (Phi) is 3.87. The SMILES string of the molecule is CN(CC1CCCCO1)c1ccc2c(c1)N(C)C(=O)C2N. The van der Waals surface area contributed by atoms with Crippen LogP contribution in [0.1, 0.15) is 30.9 Å². The highest BCUT2D eigenvalue weighted by Gasteiger charge is 2.32. The van der Waals surface area contributed by atoms with E-state index in [2.05, 4.69) is 11.9 Å². The third-order valence-corrected chi connectivity index (χ3v) is 4.50. The lowest BCUT2D eigenvalue weighted by atomic mass is 10.1. The molecule has 2 atom stereocenters. The Morgan fingerprint density at radius 3 is 2.95 bits per heavy atom. The van der Waals surface area contributed by atoms with Crippen molar-refractivity contribution in [1.29, 1.82) is 0 Å². The van der Waals surface area contributed by atoms with Crippen molar-refractivity contribution in [1.82, 2.24) is 0 Å². The standard InChI is InChI=1S/C16H23N3O2/c1-18(10-12-5-3-4-8-21-12)11-6-7-13-14(9-11)19(2)16(20)15(13)17/h6-7,9,12,15H,3-5,8,10,17H2,1-2H3. The van der Waals surface area contributed by atoms with Crippen molar-refractivity contribution in [2.45, 2.75) is 31.4 Å². The van der Waals surface area contributed by atoms with Gasteiger partial charge in [-0.05, 0) is 31.4 Å². The van der Waals surface area contributed by atoms with Gasteiger partial charge in [0.15, 0.2) is 0 Å². The van der Waals surface area contributed by atoms with Gasteiger partial charge in [0.1, 0.15) is 6.04 Å². The van der Waals surface area contributed by atoms with Gasteiger partial charge in [0.05, 0.1) is 11.8 Å². The van der Waals surface area contributed by atoms with Gasteiger partial charge in [-0.3, -0.25) is 4.79 Å². The van der Waals surface area contributed by atoms with E-state index >= 15 is 0 Å². The van der Waals surface area contributed by atoms with Crippen molar-refractivity contribution in [3.05, 3.63) is 23.8 Å². The number of nitrogens with zero attached hydrogens (tertiary/aromatic N) is 2. The number of hydrogen-bond acceptors (Lipinski definition) is 4. The predicted molar refractivity (Wildman–Crippen MR) is 83.6 cm³/mol. The summed E-state index contributed by atoms with van der Waals surface area (Å²) in [4.78, 5) is 15.8. The van der Waals surface area contributed by atoms with E-state index in [0.717, 1.165) is 36.5 Å². The Labute approximate surface area is 125 Å². The van der Waals surface area contributed by atoms with Gasteiger partial charge >= 0.3 is 0 Å². The van der Waals surface area contributed by atoms with E-state index in [0.29, 0.717) is 6.10 Å². The zero-order chi connectivity index (χ0) is 15.0. The monoisotopic (exact) mass is 289 g/mol. The van der Waals surface area contributed by atoms with Gasteiger partial charge in [0.25, 0.3) is 0 Å². The Balaban J connectivity index is 1.76. The molecule has 1 fully saturated rings. The van der Waals surface area contributed by atoms with Crippen LogP contribution in [0, 0.1) is 0 Å². The van der Waals surface area contributed by atoms with Gasteiger partial charge in [-0.25, -0.2) is 0 Å². The van der Waals surface area contributed by atoms with Crippen molar-refractivity contribution in [3.8, 4) is 0 Å². The van der Waals surface area contributed by atoms with Gasteiger partial charge < -0.3 is 20.3 Å². The maximum Gasteiger partial charge on any atom is 0.248 e. The fourth-order valence-corrected chi connectivity index (χ4v) is 3.15. The molecule has 21 heavy (non-hydrogen) atoms. The fraction of sp³-hybridized carbons (Fsp3) is 0.562. The van der Waals surface area contributed by atoms with Crippen LogP contribution < -0.4 is 15.5 Å². The maximum absolute atomic E-state index is 11.9. The number of benzene rings is 1. The summed E-state index contributed by atoms with van der Waals surface area (Å²) in [6.45, 7) is 1.75. The van der Waals surface area contributed by atoms with Crippen LogP contribution >= 0.6 is 0 Å². The molecule has 0 radical (unpaired) electrons. The zero-order valence-electron chi connectivity index (χ0n) is 12.7. The summed E-state index contributed by atoms with van der Waals surface area (Å²) in [6, 6.07) is 5.53. The minimum absolute atomic E-state index is 0.0413. The number of likely N-dealkylation sites (N-methyl/N-ethyl adjacent to an activating group) is 2. The van der Waals surface area contributed by atoms with Crippen molar-refractivity contribution >= 4 is 17.3 Å². The molecule has 0 bridgehead atoms. The Bertz CT molecular complexity index is 540. The lowest BCUT2D eigenvalue weighted by Gasteiger charge is -2.29. The number of rotatable bonds is 3. The summed E-state index contributed by atoms with van der Waals surface area (Å²) in [5.41, 5.74) is 8.85. The van der Waals surface area contributed by atoms with Gasteiger partial charge in [-0.15, -0.1) is 0 Å². The summed E-state index contributed by atoms with van der Waals surface area (Å²) < 4.78 is 5.79. The quantitative estimate of drug-likeness (QED) is 0.919. The lowest BCUT2D eigenvalue weighted by Crippen LogP contribution is -2.33. The molecule has 2 N–H and O–H groups in total. The van der Waals surface area contributed by atoms with E-state index < -0.39 is 6.04 Å². The molecule has 3 rings (SSSR count). The number of fused-ring (bicyclic) bond motifs is 1. The van der Waals surface area contributed by atoms with Crippen molar-refractivity contribution in [2.75, 3.05) is 37.0 Å². The van der Waals surface area contributed by atoms with Crippen LogP contribution in [-0.4, -0.2) is 39.3 Å². The number of carbonyl (C=O) groups is 1. The molecule has 1 amide bonds. The predicted octanol–water partition coefficient (Wildman–Crippen LogP) is 1.67. The molecule has 2 aliphatic rings. The molecule has 2 heterocycles. The average Bonchev–Trinajstić information content (AvgIpc) is 2.73. The van der Waals surface area contributed by atoms with Crippen LogP contribution in [0.15, 0.2) is 18.2 Å². The van der Waals surface area contributed by atoms with E-state index in [1.807, 2.05) is 18.2 Å². The second-order valence-corrected chi connectivity index (χ2v) is 5.99. The van der Waals surface area contributed by atoms with Crippen molar-refractivity contribution in [3.63, 3.8) is 0 Å². The van der Waals surface area contributed by atoms with Crippen LogP contribution in [-0.2, 0) is 9.53 Å². The summed E-state index contributed by atoms with van der Waals surface area (Å²) in [5.74, 6) is -0.0413. The second-order valence-electron chi connectivity index (χ2n) is 5.99. The number of amides is 1. The normalized spacial score (nSPS) is 25.1. The minimum Gasteiger partial charge on any atom is -0.376 e. The first-order chi connectivity index (χ1) is 10.1. The third kappa shape index (κ3) is 2.63. The highest BCUT2D eigenvalue weighted by atomic mass is 16.5. The van der Waals surface area contributed by atoms with Crippen LogP contribution in [0.3, 0.4) is 0 Å². The van der Waals surface area contributed by atoms with Gasteiger partial charge in [-0.1, -0.05) is 6.07 Å². The van der Waals surface area contributed by atoms with E-state index in [1.165, 1.54) is 12.8 Å². The van der Waals surface area contributed by atoms with Gasteiger partial charge in [-0.2, -0.15) is 0 Å². The van der Waals surface area contributed by atoms with E-state index in [1.54, 1.807) is 11.9 Å². The first kappa shape index (κ1) is 14.4. The summed E-state index contributed by atoms with van der Waals surface area (Å²) in [6.07, 6.45) is 3.84. The van der Waals surface area contributed by atoms with E-state index in [9.17, 15) is 4.79 Å². The zero-order valence-corrected chi connectivity index (χ0v) is 12.7.